The third-order valence-corrected chi connectivity index (χ3v) is 2.83. The van der Waals surface area contributed by atoms with Gasteiger partial charge in [-0.05, 0) is 18.6 Å². The number of aromatic nitrogens is 2. The van der Waals surface area contributed by atoms with E-state index in [1.54, 1.807) is 12.3 Å². The quantitative estimate of drug-likeness (QED) is 0.908. The summed E-state index contributed by atoms with van der Waals surface area (Å²) in [7, 11) is 0. The zero-order chi connectivity index (χ0) is 14.5. The van der Waals surface area contributed by atoms with Crippen LogP contribution in [0.3, 0.4) is 0 Å². The van der Waals surface area contributed by atoms with E-state index in [0.717, 1.165) is 6.42 Å². The number of benzene rings is 1. The summed E-state index contributed by atoms with van der Waals surface area (Å²) in [5, 5.41) is 0. The summed E-state index contributed by atoms with van der Waals surface area (Å²) in [6.07, 6.45) is 3.89. The van der Waals surface area contributed by atoms with Crippen molar-refractivity contribution in [3.63, 3.8) is 0 Å². The molecule has 1 heterocycles. The van der Waals surface area contributed by atoms with Gasteiger partial charge in [0.2, 0.25) is 0 Å². The van der Waals surface area contributed by atoms with Crippen LogP contribution < -0.4 is 16.0 Å². The van der Waals surface area contributed by atoms with Crippen LogP contribution in [-0.4, -0.2) is 9.55 Å². The minimum atomic E-state index is -0.463. The fraction of sp³-hybridized carbons (Fsp3) is 0.286. The molecule has 1 aromatic heterocycles. The first-order chi connectivity index (χ1) is 9.67. The van der Waals surface area contributed by atoms with Crippen molar-refractivity contribution in [2.45, 2.75) is 26.4 Å². The number of hydrogen-bond donors (Lipinski definition) is 1. The summed E-state index contributed by atoms with van der Waals surface area (Å²) in [5.41, 5.74) is 5.37. The molecule has 5 nitrogen and oxygen atoms in total. The van der Waals surface area contributed by atoms with Crippen molar-refractivity contribution < 1.29 is 9.13 Å². The smallest absolute Gasteiger partial charge is 0.313 e. The lowest BCUT2D eigenvalue weighted by molar-refractivity contribution is 0.433. The van der Waals surface area contributed by atoms with Crippen molar-refractivity contribution >= 4 is 0 Å². The molecule has 20 heavy (non-hydrogen) atoms. The van der Waals surface area contributed by atoms with Gasteiger partial charge in [-0.15, -0.1) is 0 Å². The molecule has 0 unspecified atom stereocenters. The second-order valence-corrected chi connectivity index (χ2v) is 4.25. The van der Waals surface area contributed by atoms with Gasteiger partial charge in [-0.1, -0.05) is 13.0 Å². The zero-order valence-electron chi connectivity index (χ0n) is 11.2. The van der Waals surface area contributed by atoms with Crippen LogP contribution in [0.25, 0.3) is 0 Å². The Balaban J connectivity index is 2.38. The highest BCUT2D eigenvalue weighted by molar-refractivity contribution is 5.36. The van der Waals surface area contributed by atoms with Crippen molar-refractivity contribution in [2.75, 3.05) is 0 Å². The number of aryl methyl sites for hydroxylation is 1. The van der Waals surface area contributed by atoms with Crippen LogP contribution in [0.15, 0.2) is 35.4 Å². The molecule has 2 aromatic rings. The van der Waals surface area contributed by atoms with Crippen molar-refractivity contribution in [2.24, 2.45) is 5.73 Å². The monoisotopic (exact) mass is 277 g/mol. The molecule has 0 saturated heterocycles. The lowest BCUT2D eigenvalue weighted by Crippen LogP contribution is -2.21. The maximum atomic E-state index is 13.6. The molecule has 0 fully saturated rings. The Morgan fingerprint density at radius 2 is 2.25 bits per heavy atom. The SMILES string of the molecule is CCCn1ccnc(Oc2cccc(F)c2CN)c1=O. The van der Waals surface area contributed by atoms with E-state index < -0.39 is 5.82 Å². The summed E-state index contributed by atoms with van der Waals surface area (Å²) < 4.78 is 20.5. The molecule has 6 heteroatoms. The minimum absolute atomic E-state index is 0.0159. The van der Waals surface area contributed by atoms with Gasteiger partial charge in [0.1, 0.15) is 11.6 Å². The van der Waals surface area contributed by atoms with Crippen molar-refractivity contribution in [1.82, 2.24) is 9.55 Å². The predicted octanol–water partition coefficient (Wildman–Crippen LogP) is 2.04. The first-order valence-corrected chi connectivity index (χ1v) is 6.38. The Labute approximate surface area is 115 Å². The number of rotatable bonds is 5. The van der Waals surface area contributed by atoms with Crippen LogP contribution in [0.5, 0.6) is 11.6 Å². The third-order valence-electron chi connectivity index (χ3n) is 2.83. The molecule has 1 aromatic carbocycles. The summed E-state index contributed by atoms with van der Waals surface area (Å²) in [6, 6.07) is 4.35. The first kappa shape index (κ1) is 14.2. The maximum Gasteiger partial charge on any atom is 0.313 e. The third kappa shape index (κ3) is 2.85. The number of ether oxygens (including phenoxy) is 1. The highest BCUT2D eigenvalue weighted by Crippen LogP contribution is 2.24. The number of nitrogens with two attached hydrogens (primary N) is 1. The highest BCUT2D eigenvalue weighted by Gasteiger charge is 2.12. The summed E-state index contributed by atoms with van der Waals surface area (Å²) >= 11 is 0. The summed E-state index contributed by atoms with van der Waals surface area (Å²) in [6.45, 7) is 2.52. The number of halogens is 1. The standard InChI is InChI=1S/C14H16FN3O2/c1-2-7-18-8-6-17-13(14(18)19)20-12-5-3-4-11(15)10(12)9-16/h3-6,8H,2,7,9,16H2,1H3. The highest BCUT2D eigenvalue weighted by atomic mass is 19.1. The van der Waals surface area contributed by atoms with E-state index in [-0.39, 0.29) is 29.3 Å². The minimum Gasteiger partial charge on any atom is -0.434 e. The molecule has 0 bridgehead atoms. The van der Waals surface area contributed by atoms with Gasteiger partial charge in [0, 0.05) is 31.0 Å². The second-order valence-electron chi connectivity index (χ2n) is 4.25. The van der Waals surface area contributed by atoms with Crippen molar-refractivity contribution in [1.29, 1.82) is 0 Å². The average Bonchev–Trinajstić information content (AvgIpc) is 2.44. The maximum absolute atomic E-state index is 13.6. The fourth-order valence-electron chi connectivity index (χ4n) is 1.85. The predicted molar refractivity (Wildman–Crippen MR) is 73.2 cm³/mol. The summed E-state index contributed by atoms with van der Waals surface area (Å²) in [4.78, 5) is 16.0. The lowest BCUT2D eigenvalue weighted by Gasteiger charge is -2.10. The van der Waals surface area contributed by atoms with Gasteiger partial charge in [-0.25, -0.2) is 9.37 Å². The molecule has 0 aliphatic rings. The topological polar surface area (TPSA) is 70.1 Å². The molecular formula is C14H16FN3O2. The fourth-order valence-corrected chi connectivity index (χ4v) is 1.85. The van der Waals surface area contributed by atoms with E-state index in [1.807, 2.05) is 6.92 Å². The molecule has 0 saturated carbocycles. The van der Waals surface area contributed by atoms with Crippen LogP contribution in [-0.2, 0) is 13.1 Å². The molecule has 106 valence electrons. The Morgan fingerprint density at radius 1 is 1.45 bits per heavy atom. The molecule has 0 aliphatic heterocycles. The molecule has 0 amide bonds. The van der Waals surface area contributed by atoms with E-state index >= 15 is 0 Å². The molecular weight excluding hydrogens is 261 g/mol. The van der Waals surface area contributed by atoms with Crippen LogP contribution in [0.4, 0.5) is 4.39 Å². The molecule has 2 rings (SSSR count). The van der Waals surface area contributed by atoms with Crippen molar-refractivity contribution in [3.05, 3.63) is 52.3 Å². The molecule has 0 radical (unpaired) electrons. The van der Waals surface area contributed by atoms with Crippen LogP contribution in [0, 0.1) is 5.82 Å². The molecule has 0 atom stereocenters. The van der Waals surface area contributed by atoms with Gasteiger partial charge >= 0.3 is 5.56 Å². The van der Waals surface area contributed by atoms with Gasteiger partial charge in [-0.2, -0.15) is 0 Å². The second kappa shape index (κ2) is 6.29. The Kier molecular flexibility index (Phi) is 4.47. The Morgan fingerprint density at radius 3 is 2.95 bits per heavy atom. The van der Waals surface area contributed by atoms with Gasteiger partial charge in [-0.3, -0.25) is 4.79 Å². The number of nitrogens with zero attached hydrogens (tertiary/aromatic N) is 2. The number of hydrogen-bond acceptors (Lipinski definition) is 4. The van der Waals surface area contributed by atoms with Gasteiger partial charge in [0.05, 0.1) is 0 Å². The van der Waals surface area contributed by atoms with E-state index in [4.69, 9.17) is 10.5 Å². The molecule has 0 spiro atoms. The summed E-state index contributed by atoms with van der Waals surface area (Å²) in [5.74, 6) is -0.331. The van der Waals surface area contributed by atoms with Crippen LogP contribution in [0.2, 0.25) is 0 Å². The normalized spacial score (nSPS) is 10.6. The Hall–Kier alpha value is -2.21. The van der Waals surface area contributed by atoms with E-state index in [2.05, 4.69) is 4.98 Å². The van der Waals surface area contributed by atoms with Crippen LogP contribution >= 0.6 is 0 Å². The van der Waals surface area contributed by atoms with Gasteiger partial charge < -0.3 is 15.0 Å². The van der Waals surface area contributed by atoms with E-state index in [0.29, 0.717) is 6.54 Å². The first-order valence-electron chi connectivity index (χ1n) is 6.38. The largest absolute Gasteiger partial charge is 0.434 e. The van der Waals surface area contributed by atoms with Gasteiger partial charge in [0.25, 0.3) is 5.88 Å². The molecule has 0 aliphatic carbocycles. The van der Waals surface area contributed by atoms with Gasteiger partial charge in [0.15, 0.2) is 0 Å². The van der Waals surface area contributed by atoms with E-state index in [9.17, 15) is 9.18 Å². The Bertz CT molecular complexity index is 655. The van der Waals surface area contributed by atoms with Crippen LogP contribution in [0.1, 0.15) is 18.9 Å². The lowest BCUT2D eigenvalue weighted by atomic mass is 10.2. The van der Waals surface area contributed by atoms with Crippen molar-refractivity contribution in [3.8, 4) is 11.6 Å². The molecule has 2 N–H and O–H groups in total. The average molecular weight is 277 g/mol. The van der Waals surface area contributed by atoms with E-state index in [1.165, 1.54) is 22.9 Å². The zero-order valence-corrected chi connectivity index (χ0v) is 11.2.